The van der Waals surface area contributed by atoms with E-state index in [0.29, 0.717) is 6.54 Å². The number of carbonyl (C=O) groups is 2. The van der Waals surface area contributed by atoms with Gasteiger partial charge in [0.1, 0.15) is 0 Å². The Balaban J connectivity index is 2.10. The lowest BCUT2D eigenvalue weighted by molar-refractivity contribution is -0.139. The fourth-order valence-electron chi connectivity index (χ4n) is 2.86. The van der Waals surface area contributed by atoms with Gasteiger partial charge in [-0.25, -0.2) is 0 Å². The zero-order chi connectivity index (χ0) is 15.2. The third kappa shape index (κ3) is 3.84. The summed E-state index contributed by atoms with van der Waals surface area (Å²) >= 11 is 0. The second-order valence-electron chi connectivity index (χ2n) is 5.53. The van der Waals surface area contributed by atoms with Crippen LogP contribution in [0.5, 0.6) is 0 Å². The van der Waals surface area contributed by atoms with Crippen LogP contribution in [-0.2, 0) is 22.4 Å². The van der Waals surface area contributed by atoms with Gasteiger partial charge >= 0.3 is 11.8 Å². The number of benzene rings is 1. The molecular formula is C17H24N2O2. The average molecular weight is 288 g/mol. The predicted octanol–water partition coefficient (Wildman–Crippen LogP) is 2.27. The van der Waals surface area contributed by atoms with E-state index in [1.807, 2.05) is 6.92 Å². The number of amides is 2. The highest BCUT2D eigenvalue weighted by molar-refractivity contribution is 6.35. The number of hydrogen-bond donors (Lipinski definition) is 2. The molecular weight excluding hydrogens is 264 g/mol. The van der Waals surface area contributed by atoms with Crippen LogP contribution in [0.15, 0.2) is 18.2 Å². The first-order valence-electron chi connectivity index (χ1n) is 7.86. The molecule has 0 spiro atoms. The minimum absolute atomic E-state index is 0.104. The van der Waals surface area contributed by atoms with Crippen LogP contribution in [0.4, 0.5) is 0 Å². The first-order valence-corrected chi connectivity index (χ1v) is 7.86. The molecule has 0 fully saturated rings. The molecule has 2 rings (SSSR count). The SMILES string of the molecule is CCNC(=O)C(=O)NC(CC)c1ccc2c(c1)CCCC2. The van der Waals surface area contributed by atoms with Gasteiger partial charge in [-0.05, 0) is 55.7 Å². The monoisotopic (exact) mass is 288 g/mol. The Morgan fingerprint density at radius 1 is 1.10 bits per heavy atom. The van der Waals surface area contributed by atoms with Crippen molar-refractivity contribution in [3.8, 4) is 0 Å². The van der Waals surface area contributed by atoms with Gasteiger partial charge in [0, 0.05) is 6.54 Å². The van der Waals surface area contributed by atoms with Crippen molar-refractivity contribution >= 4 is 11.8 Å². The highest BCUT2D eigenvalue weighted by Gasteiger charge is 2.19. The molecule has 0 saturated heterocycles. The van der Waals surface area contributed by atoms with Gasteiger partial charge in [0.2, 0.25) is 0 Å². The van der Waals surface area contributed by atoms with Gasteiger partial charge < -0.3 is 10.6 Å². The lowest BCUT2D eigenvalue weighted by Crippen LogP contribution is -2.41. The molecule has 4 nitrogen and oxygen atoms in total. The van der Waals surface area contributed by atoms with Crippen LogP contribution in [0.3, 0.4) is 0 Å². The summed E-state index contributed by atoms with van der Waals surface area (Å²) in [6.07, 6.45) is 5.53. The Hall–Kier alpha value is -1.84. The summed E-state index contributed by atoms with van der Waals surface area (Å²) in [6, 6.07) is 6.34. The van der Waals surface area contributed by atoms with E-state index in [1.54, 1.807) is 6.92 Å². The highest BCUT2D eigenvalue weighted by Crippen LogP contribution is 2.25. The predicted molar refractivity (Wildman–Crippen MR) is 82.9 cm³/mol. The van der Waals surface area contributed by atoms with E-state index >= 15 is 0 Å². The van der Waals surface area contributed by atoms with Crippen LogP contribution in [-0.4, -0.2) is 18.4 Å². The highest BCUT2D eigenvalue weighted by atomic mass is 16.2. The van der Waals surface area contributed by atoms with Crippen molar-refractivity contribution < 1.29 is 9.59 Å². The van der Waals surface area contributed by atoms with Crippen molar-refractivity contribution in [2.45, 2.75) is 52.0 Å². The lowest BCUT2D eigenvalue weighted by atomic mass is 9.89. The largest absolute Gasteiger partial charge is 0.348 e. The van der Waals surface area contributed by atoms with Crippen molar-refractivity contribution in [2.24, 2.45) is 0 Å². The Morgan fingerprint density at radius 2 is 1.81 bits per heavy atom. The molecule has 2 amide bonds. The van der Waals surface area contributed by atoms with Crippen molar-refractivity contribution in [3.05, 3.63) is 34.9 Å². The maximum absolute atomic E-state index is 11.8. The van der Waals surface area contributed by atoms with Gasteiger partial charge in [-0.3, -0.25) is 9.59 Å². The standard InChI is InChI=1S/C17H24N2O2/c1-3-15(19-17(21)16(20)18-4-2)14-10-9-12-7-5-6-8-13(12)11-14/h9-11,15H,3-8H2,1-2H3,(H,18,20)(H,19,21). The molecule has 1 atom stereocenters. The number of fused-ring (bicyclic) bond motifs is 1. The molecule has 0 bridgehead atoms. The Labute approximate surface area is 126 Å². The average Bonchev–Trinajstić information content (AvgIpc) is 2.52. The molecule has 21 heavy (non-hydrogen) atoms. The van der Waals surface area contributed by atoms with Gasteiger partial charge in [-0.2, -0.15) is 0 Å². The maximum atomic E-state index is 11.8. The number of aryl methyl sites for hydroxylation is 2. The second-order valence-corrected chi connectivity index (χ2v) is 5.53. The fourth-order valence-corrected chi connectivity index (χ4v) is 2.86. The molecule has 1 aliphatic carbocycles. The van der Waals surface area contributed by atoms with Crippen LogP contribution < -0.4 is 10.6 Å². The topological polar surface area (TPSA) is 58.2 Å². The molecule has 2 N–H and O–H groups in total. The summed E-state index contributed by atoms with van der Waals surface area (Å²) in [6.45, 7) is 4.27. The van der Waals surface area contributed by atoms with E-state index < -0.39 is 11.8 Å². The van der Waals surface area contributed by atoms with Gasteiger partial charge in [0.05, 0.1) is 6.04 Å². The maximum Gasteiger partial charge on any atom is 0.309 e. The number of carbonyl (C=O) groups excluding carboxylic acids is 2. The fraction of sp³-hybridized carbons (Fsp3) is 0.529. The minimum Gasteiger partial charge on any atom is -0.348 e. The van der Waals surface area contributed by atoms with Crippen molar-refractivity contribution in [1.29, 1.82) is 0 Å². The molecule has 0 aliphatic heterocycles. The van der Waals surface area contributed by atoms with E-state index in [0.717, 1.165) is 24.8 Å². The minimum atomic E-state index is -0.561. The summed E-state index contributed by atoms with van der Waals surface area (Å²) in [7, 11) is 0. The van der Waals surface area contributed by atoms with Crippen molar-refractivity contribution in [2.75, 3.05) is 6.54 Å². The molecule has 0 aromatic heterocycles. The summed E-state index contributed by atoms with van der Waals surface area (Å²) < 4.78 is 0. The number of hydrogen-bond acceptors (Lipinski definition) is 2. The Bertz CT molecular complexity index is 526. The van der Waals surface area contributed by atoms with Crippen LogP contribution in [0, 0.1) is 0 Å². The van der Waals surface area contributed by atoms with Gasteiger partial charge in [0.25, 0.3) is 0 Å². The van der Waals surface area contributed by atoms with Crippen LogP contribution in [0.25, 0.3) is 0 Å². The van der Waals surface area contributed by atoms with Crippen LogP contribution in [0.2, 0.25) is 0 Å². The second kappa shape index (κ2) is 7.25. The van der Waals surface area contributed by atoms with E-state index in [1.165, 1.54) is 24.0 Å². The Kier molecular flexibility index (Phi) is 5.37. The van der Waals surface area contributed by atoms with Gasteiger partial charge in [-0.1, -0.05) is 25.1 Å². The summed E-state index contributed by atoms with van der Waals surface area (Å²) in [4.78, 5) is 23.4. The third-order valence-electron chi connectivity index (χ3n) is 4.03. The van der Waals surface area contributed by atoms with Crippen LogP contribution >= 0.6 is 0 Å². The van der Waals surface area contributed by atoms with Gasteiger partial charge in [0.15, 0.2) is 0 Å². The molecule has 1 aliphatic rings. The molecule has 0 saturated carbocycles. The molecule has 4 heteroatoms. The van der Waals surface area contributed by atoms with Crippen molar-refractivity contribution in [3.63, 3.8) is 0 Å². The quantitative estimate of drug-likeness (QED) is 0.835. The third-order valence-corrected chi connectivity index (χ3v) is 4.03. The molecule has 0 radical (unpaired) electrons. The zero-order valence-electron chi connectivity index (χ0n) is 12.9. The molecule has 1 aromatic rings. The van der Waals surface area contributed by atoms with Crippen molar-refractivity contribution in [1.82, 2.24) is 10.6 Å². The van der Waals surface area contributed by atoms with E-state index in [-0.39, 0.29) is 6.04 Å². The number of rotatable bonds is 4. The first-order chi connectivity index (χ1) is 10.2. The van der Waals surface area contributed by atoms with E-state index in [9.17, 15) is 9.59 Å². The summed E-state index contributed by atoms with van der Waals surface area (Å²) in [5.41, 5.74) is 3.91. The summed E-state index contributed by atoms with van der Waals surface area (Å²) in [5.74, 6) is -1.12. The molecule has 1 aromatic carbocycles. The van der Waals surface area contributed by atoms with Crippen LogP contribution in [0.1, 0.15) is 55.8 Å². The Morgan fingerprint density at radius 3 is 2.48 bits per heavy atom. The zero-order valence-corrected chi connectivity index (χ0v) is 12.9. The van der Waals surface area contributed by atoms with E-state index in [4.69, 9.17) is 0 Å². The molecule has 114 valence electrons. The first kappa shape index (κ1) is 15.5. The lowest BCUT2D eigenvalue weighted by Gasteiger charge is -2.21. The molecule has 1 unspecified atom stereocenters. The van der Waals surface area contributed by atoms with E-state index in [2.05, 4.69) is 28.8 Å². The smallest absolute Gasteiger partial charge is 0.309 e. The number of likely N-dealkylation sites (N-methyl/N-ethyl adjacent to an activating group) is 1. The summed E-state index contributed by atoms with van der Waals surface area (Å²) in [5, 5.41) is 5.35. The normalized spacial score (nSPS) is 15.0. The molecule has 0 heterocycles. The van der Waals surface area contributed by atoms with Gasteiger partial charge in [-0.15, -0.1) is 0 Å². The number of nitrogens with one attached hydrogen (secondary N) is 2.